The van der Waals surface area contributed by atoms with Gasteiger partial charge in [-0.3, -0.25) is 0 Å². The number of nitrogens with zero attached hydrogens (tertiary/aromatic N) is 2. The van der Waals surface area contributed by atoms with Crippen LogP contribution in [0.2, 0.25) is 0 Å². The minimum absolute atomic E-state index is 0.872. The molecule has 0 unspecified atom stereocenters. The molecule has 0 heterocycles. The maximum absolute atomic E-state index is 4.10. The quantitative estimate of drug-likeness (QED) is 0.247. The van der Waals surface area contributed by atoms with Crippen molar-refractivity contribution in [2.75, 3.05) is 0 Å². The number of azo groups is 1. The molecule has 6 aromatic rings. The summed E-state index contributed by atoms with van der Waals surface area (Å²) in [6, 6.07) is 49.6. The fraction of sp³-hybridized carbons (Fsp3) is 0. The summed E-state index contributed by atoms with van der Waals surface area (Å²) >= 11 is 0. The minimum atomic E-state index is 0.872. The molecule has 0 N–H and O–H groups in total. The standard InChI is InChI=1S/C20H14.C12H10N2/c1-3-11-17-15(7-1)9-5-13-19(17)20-14-6-10-16-8-2-4-12-18(16)20;1-3-7-11(8-4-1)13-14-12-9-5-2-6-10-12/h1-14H;1-10H. The van der Waals surface area contributed by atoms with Crippen LogP contribution in [-0.4, -0.2) is 0 Å². The van der Waals surface area contributed by atoms with E-state index in [0.717, 1.165) is 11.4 Å². The molecule has 0 atom stereocenters. The van der Waals surface area contributed by atoms with Crippen LogP contribution in [0.25, 0.3) is 32.7 Å². The van der Waals surface area contributed by atoms with Crippen LogP contribution >= 0.6 is 0 Å². The average molecular weight is 437 g/mol. The van der Waals surface area contributed by atoms with Crippen molar-refractivity contribution in [3.63, 3.8) is 0 Å². The molecule has 0 saturated carbocycles. The molecule has 162 valence electrons. The number of fused-ring (bicyclic) bond motifs is 2. The molecule has 0 spiro atoms. The van der Waals surface area contributed by atoms with Crippen LogP contribution in [-0.2, 0) is 0 Å². The fourth-order valence-corrected chi connectivity index (χ4v) is 4.03. The number of hydrogen-bond donors (Lipinski definition) is 0. The Morgan fingerprint density at radius 1 is 0.294 bits per heavy atom. The number of rotatable bonds is 3. The van der Waals surface area contributed by atoms with E-state index in [2.05, 4.69) is 95.2 Å². The van der Waals surface area contributed by atoms with Gasteiger partial charge in [-0.2, -0.15) is 10.2 Å². The lowest BCUT2D eigenvalue weighted by Crippen LogP contribution is -1.83. The Balaban J connectivity index is 0.000000152. The van der Waals surface area contributed by atoms with Gasteiger partial charge in [-0.1, -0.05) is 121 Å². The van der Waals surface area contributed by atoms with Gasteiger partial charge in [0.1, 0.15) is 0 Å². The molecule has 2 nitrogen and oxygen atoms in total. The van der Waals surface area contributed by atoms with Crippen LogP contribution in [0.3, 0.4) is 0 Å². The van der Waals surface area contributed by atoms with E-state index in [9.17, 15) is 0 Å². The highest BCUT2D eigenvalue weighted by atomic mass is 15.1. The second kappa shape index (κ2) is 10.4. The molecular formula is C32H24N2. The number of benzene rings is 6. The van der Waals surface area contributed by atoms with Gasteiger partial charge in [0, 0.05) is 0 Å². The Labute approximate surface area is 199 Å². The van der Waals surface area contributed by atoms with Crippen molar-refractivity contribution in [1.29, 1.82) is 0 Å². The Hall–Kier alpha value is -4.56. The van der Waals surface area contributed by atoms with Crippen molar-refractivity contribution in [2.24, 2.45) is 10.2 Å². The molecule has 0 bridgehead atoms. The first-order chi connectivity index (χ1) is 16.9. The number of hydrogen-bond acceptors (Lipinski definition) is 2. The van der Waals surface area contributed by atoms with Crippen molar-refractivity contribution >= 4 is 32.9 Å². The first-order valence-corrected chi connectivity index (χ1v) is 11.4. The van der Waals surface area contributed by atoms with E-state index in [1.54, 1.807) is 0 Å². The minimum Gasteiger partial charge on any atom is -0.151 e. The maximum Gasteiger partial charge on any atom is 0.0857 e. The van der Waals surface area contributed by atoms with E-state index in [-0.39, 0.29) is 0 Å². The first kappa shape index (κ1) is 21.3. The van der Waals surface area contributed by atoms with Crippen molar-refractivity contribution < 1.29 is 0 Å². The second-order valence-corrected chi connectivity index (χ2v) is 7.92. The molecule has 0 aliphatic heterocycles. The predicted octanol–water partition coefficient (Wildman–Crippen LogP) is 9.76. The zero-order valence-corrected chi connectivity index (χ0v) is 18.8. The zero-order valence-electron chi connectivity index (χ0n) is 18.8. The third kappa shape index (κ3) is 4.92. The topological polar surface area (TPSA) is 24.7 Å². The van der Waals surface area contributed by atoms with E-state index in [1.807, 2.05) is 60.7 Å². The molecule has 0 aromatic heterocycles. The molecule has 34 heavy (non-hydrogen) atoms. The summed E-state index contributed by atoms with van der Waals surface area (Å²) in [4.78, 5) is 0. The van der Waals surface area contributed by atoms with E-state index in [1.165, 1.54) is 32.7 Å². The third-order valence-corrected chi connectivity index (χ3v) is 5.66. The monoisotopic (exact) mass is 436 g/mol. The highest BCUT2D eigenvalue weighted by molar-refractivity contribution is 6.05. The molecule has 0 amide bonds. The Morgan fingerprint density at radius 2 is 0.647 bits per heavy atom. The molecule has 0 radical (unpaired) electrons. The molecule has 0 fully saturated rings. The van der Waals surface area contributed by atoms with Gasteiger partial charge in [-0.15, -0.1) is 0 Å². The second-order valence-electron chi connectivity index (χ2n) is 7.92. The molecule has 0 aliphatic rings. The maximum atomic E-state index is 4.10. The van der Waals surface area contributed by atoms with Gasteiger partial charge in [0.15, 0.2) is 0 Å². The van der Waals surface area contributed by atoms with Crippen LogP contribution in [0.1, 0.15) is 0 Å². The summed E-state index contributed by atoms with van der Waals surface area (Å²) in [6.07, 6.45) is 0. The smallest absolute Gasteiger partial charge is 0.0857 e. The van der Waals surface area contributed by atoms with Gasteiger partial charge < -0.3 is 0 Å². The Morgan fingerprint density at radius 3 is 1.09 bits per heavy atom. The highest BCUT2D eigenvalue weighted by Gasteiger charge is 2.06. The van der Waals surface area contributed by atoms with Gasteiger partial charge in [0.2, 0.25) is 0 Å². The lowest BCUT2D eigenvalue weighted by Gasteiger charge is -2.10. The Kier molecular flexibility index (Phi) is 6.50. The SMILES string of the molecule is c1ccc(N=Nc2ccccc2)cc1.c1ccc2c(-c3cccc4ccccc34)cccc2c1. The molecular weight excluding hydrogens is 412 g/mol. The normalized spacial score (nSPS) is 10.8. The van der Waals surface area contributed by atoms with Crippen molar-refractivity contribution in [1.82, 2.24) is 0 Å². The van der Waals surface area contributed by atoms with Gasteiger partial charge in [0.05, 0.1) is 11.4 Å². The van der Waals surface area contributed by atoms with E-state index < -0.39 is 0 Å². The summed E-state index contributed by atoms with van der Waals surface area (Å²) in [5.74, 6) is 0. The molecule has 6 rings (SSSR count). The van der Waals surface area contributed by atoms with Crippen LogP contribution in [0.4, 0.5) is 11.4 Å². The molecule has 2 heteroatoms. The van der Waals surface area contributed by atoms with E-state index in [0.29, 0.717) is 0 Å². The van der Waals surface area contributed by atoms with Gasteiger partial charge in [0.25, 0.3) is 0 Å². The van der Waals surface area contributed by atoms with Crippen LogP contribution in [0.15, 0.2) is 156 Å². The summed E-state index contributed by atoms with van der Waals surface area (Å²) in [7, 11) is 0. The highest BCUT2D eigenvalue weighted by Crippen LogP contribution is 2.33. The first-order valence-electron chi connectivity index (χ1n) is 11.4. The summed E-state index contributed by atoms with van der Waals surface area (Å²) in [5, 5.41) is 13.4. The molecule has 0 aliphatic carbocycles. The van der Waals surface area contributed by atoms with E-state index >= 15 is 0 Å². The van der Waals surface area contributed by atoms with Gasteiger partial charge in [-0.05, 0) is 56.9 Å². The summed E-state index contributed by atoms with van der Waals surface area (Å²) in [6.45, 7) is 0. The van der Waals surface area contributed by atoms with Crippen molar-refractivity contribution in [2.45, 2.75) is 0 Å². The molecule has 0 saturated heterocycles. The fourth-order valence-electron chi connectivity index (χ4n) is 4.03. The van der Waals surface area contributed by atoms with Crippen molar-refractivity contribution in [3.8, 4) is 11.1 Å². The van der Waals surface area contributed by atoms with Gasteiger partial charge in [-0.25, -0.2) is 0 Å². The van der Waals surface area contributed by atoms with Crippen LogP contribution < -0.4 is 0 Å². The predicted molar refractivity (Wildman–Crippen MR) is 144 cm³/mol. The largest absolute Gasteiger partial charge is 0.151 e. The van der Waals surface area contributed by atoms with Crippen LogP contribution in [0, 0.1) is 0 Å². The molecule has 6 aromatic carbocycles. The third-order valence-electron chi connectivity index (χ3n) is 5.66. The van der Waals surface area contributed by atoms with Crippen molar-refractivity contribution in [3.05, 3.63) is 146 Å². The Bertz CT molecular complexity index is 1410. The zero-order chi connectivity index (χ0) is 23.0. The lowest BCUT2D eigenvalue weighted by molar-refractivity contribution is 1.23. The summed E-state index contributed by atoms with van der Waals surface area (Å²) in [5.41, 5.74) is 4.35. The average Bonchev–Trinajstić information content (AvgIpc) is 2.93. The van der Waals surface area contributed by atoms with Crippen LogP contribution in [0.5, 0.6) is 0 Å². The lowest BCUT2D eigenvalue weighted by atomic mass is 9.94. The summed E-state index contributed by atoms with van der Waals surface area (Å²) < 4.78 is 0. The van der Waals surface area contributed by atoms with E-state index in [4.69, 9.17) is 0 Å². The van der Waals surface area contributed by atoms with Gasteiger partial charge >= 0.3 is 0 Å².